The summed E-state index contributed by atoms with van der Waals surface area (Å²) in [6.45, 7) is 2.34. The molecule has 25 heavy (non-hydrogen) atoms. The van der Waals surface area contributed by atoms with Crippen LogP contribution in [0.1, 0.15) is 18.9 Å². The quantitative estimate of drug-likeness (QED) is 0.788. The number of anilines is 1. The van der Waals surface area contributed by atoms with E-state index < -0.39 is 12.2 Å². The van der Waals surface area contributed by atoms with Crippen molar-refractivity contribution in [3.8, 4) is 0 Å². The molecule has 1 aromatic rings. The number of benzene rings is 1. The topological polar surface area (TPSA) is 49.6 Å². The lowest BCUT2D eigenvalue weighted by atomic mass is 10.1. The fourth-order valence-corrected chi connectivity index (χ4v) is 2.73. The molecule has 1 aromatic carbocycles. The summed E-state index contributed by atoms with van der Waals surface area (Å²) in [4.78, 5) is 15.2. The van der Waals surface area contributed by atoms with Crippen molar-refractivity contribution in [3.05, 3.63) is 29.8 Å². The highest BCUT2D eigenvalue weighted by molar-refractivity contribution is 5.85. The zero-order valence-corrected chi connectivity index (χ0v) is 15.6. The standard InChI is InChI=1S/C16H22F3N3O.2ClH/c1-12(16(17,18)19)21-8-10-22(11-9-21)15(23)7-6-13-4-2-3-5-14(13)20;;/h2-5,12H,6-11,20H2,1H3;2*1H. The number of halogens is 5. The van der Waals surface area contributed by atoms with Crippen molar-refractivity contribution in [2.45, 2.75) is 32.0 Å². The van der Waals surface area contributed by atoms with Crippen LogP contribution in [-0.2, 0) is 11.2 Å². The Morgan fingerprint density at radius 3 is 2.24 bits per heavy atom. The second kappa shape index (κ2) is 10.1. The number of piperazine rings is 1. The molecule has 1 unspecified atom stereocenters. The van der Waals surface area contributed by atoms with Crippen LogP contribution < -0.4 is 5.73 Å². The molecule has 1 heterocycles. The van der Waals surface area contributed by atoms with Gasteiger partial charge in [0.25, 0.3) is 0 Å². The van der Waals surface area contributed by atoms with Gasteiger partial charge in [0, 0.05) is 38.3 Å². The summed E-state index contributed by atoms with van der Waals surface area (Å²) < 4.78 is 38.1. The largest absolute Gasteiger partial charge is 0.403 e. The van der Waals surface area contributed by atoms with Gasteiger partial charge in [-0.1, -0.05) is 18.2 Å². The van der Waals surface area contributed by atoms with Gasteiger partial charge in [0.15, 0.2) is 0 Å². The number of amides is 1. The summed E-state index contributed by atoms with van der Waals surface area (Å²) in [5.74, 6) is -0.0347. The van der Waals surface area contributed by atoms with Gasteiger partial charge in [-0.05, 0) is 25.0 Å². The van der Waals surface area contributed by atoms with E-state index in [0.29, 0.717) is 31.6 Å². The van der Waals surface area contributed by atoms with Crippen LogP contribution in [0, 0.1) is 0 Å². The fourth-order valence-electron chi connectivity index (χ4n) is 2.73. The lowest BCUT2D eigenvalue weighted by Gasteiger charge is -2.38. The van der Waals surface area contributed by atoms with E-state index in [9.17, 15) is 18.0 Å². The van der Waals surface area contributed by atoms with E-state index in [1.54, 1.807) is 11.0 Å². The number of hydrogen-bond donors (Lipinski definition) is 1. The molecule has 0 saturated carbocycles. The van der Waals surface area contributed by atoms with Crippen molar-refractivity contribution in [1.82, 2.24) is 9.80 Å². The number of carbonyl (C=O) groups excluding carboxylic acids is 1. The summed E-state index contributed by atoms with van der Waals surface area (Å²) in [5, 5.41) is 0. The number of hydrogen-bond acceptors (Lipinski definition) is 3. The Morgan fingerprint density at radius 2 is 1.72 bits per heavy atom. The van der Waals surface area contributed by atoms with Crippen LogP contribution in [-0.4, -0.2) is 54.1 Å². The Morgan fingerprint density at radius 1 is 1.16 bits per heavy atom. The average Bonchev–Trinajstić information content (AvgIpc) is 2.52. The van der Waals surface area contributed by atoms with Gasteiger partial charge in [0.2, 0.25) is 5.91 Å². The molecule has 0 aliphatic carbocycles. The first-order valence-electron chi connectivity index (χ1n) is 7.71. The molecule has 9 heteroatoms. The lowest BCUT2D eigenvalue weighted by Crippen LogP contribution is -2.54. The minimum Gasteiger partial charge on any atom is -0.399 e. The number of carbonyl (C=O) groups is 1. The minimum absolute atomic E-state index is 0. The summed E-state index contributed by atoms with van der Waals surface area (Å²) >= 11 is 0. The predicted molar refractivity (Wildman–Crippen MR) is 97.3 cm³/mol. The molecule has 0 spiro atoms. The van der Waals surface area contributed by atoms with Crippen LogP contribution in [0.2, 0.25) is 0 Å². The minimum atomic E-state index is -4.23. The van der Waals surface area contributed by atoms with Gasteiger partial charge in [-0.15, -0.1) is 24.8 Å². The third kappa shape index (κ3) is 6.56. The number of nitrogen functional groups attached to an aromatic ring is 1. The molecular weight excluding hydrogens is 378 g/mol. The maximum Gasteiger partial charge on any atom is 0.403 e. The van der Waals surface area contributed by atoms with Gasteiger partial charge in [-0.2, -0.15) is 13.2 Å². The highest BCUT2D eigenvalue weighted by Crippen LogP contribution is 2.25. The SMILES string of the molecule is CC(N1CCN(C(=O)CCc2ccccc2N)CC1)C(F)(F)F.Cl.Cl. The summed E-state index contributed by atoms with van der Waals surface area (Å²) in [6.07, 6.45) is -3.36. The van der Waals surface area contributed by atoms with Crippen LogP contribution in [0.4, 0.5) is 18.9 Å². The molecule has 1 saturated heterocycles. The van der Waals surface area contributed by atoms with Gasteiger partial charge >= 0.3 is 6.18 Å². The van der Waals surface area contributed by atoms with Gasteiger partial charge < -0.3 is 10.6 Å². The molecule has 1 amide bonds. The highest BCUT2D eigenvalue weighted by Gasteiger charge is 2.41. The first kappa shape index (κ1) is 23.8. The fraction of sp³-hybridized carbons (Fsp3) is 0.562. The summed E-state index contributed by atoms with van der Waals surface area (Å²) in [7, 11) is 0. The number of alkyl halides is 3. The first-order valence-corrected chi connectivity index (χ1v) is 7.71. The van der Waals surface area contributed by atoms with E-state index in [4.69, 9.17) is 5.73 Å². The third-order valence-corrected chi connectivity index (χ3v) is 4.35. The smallest absolute Gasteiger partial charge is 0.399 e. The van der Waals surface area contributed by atoms with Crippen LogP contribution in [0.5, 0.6) is 0 Å². The molecule has 2 rings (SSSR count). The maximum atomic E-state index is 12.7. The Balaban J connectivity index is 0.00000288. The Kier molecular flexibility index (Phi) is 9.61. The normalized spacial score (nSPS) is 16.6. The molecule has 0 radical (unpaired) electrons. The Bertz CT molecular complexity index is 550. The molecule has 1 aliphatic heterocycles. The van der Waals surface area contributed by atoms with E-state index in [-0.39, 0.29) is 43.8 Å². The van der Waals surface area contributed by atoms with Crippen molar-refractivity contribution in [2.75, 3.05) is 31.9 Å². The average molecular weight is 402 g/mol. The van der Waals surface area contributed by atoms with Crippen LogP contribution in [0.25, 0.3) is 0 Å². The summed E-state index contributed by atoms with van der Waals surface area (Å²) in [5.41, 5.74) is 7.42. The number of nitrogens with zero attached hydrogens (tertiary/aromatic N) is 2. The van der Waals surface area contributed by atoms with E-state index in [0.717, 1.165) is 12.5 Å². The van der Waals surface area contributed by atoms with Crippen molar-refractivity contribution >= 4 is 36.4 Å². The molecule has 144 valence electrons. The molecule has 0 aromatic heterocycles. The zero-order valence-electron chi connectivity index (χ0n) is 14.0. The van der Waals surface area contributed by atoms with Crippen molar-refractivity contribution in [2.24, 2.45) is 0 Å². The van der Waals surface area contributed by atoms with Gasteiger partial charge in [-0.25, -0.2) is 0 Å². The van der Waals surface area contributed by atoms with E-state index in [2.05, 4.69) is 0 Å². The van der Waals surface area contributed by atoms with Crippen molar-refractivity contribution < 1.29 is 18.0 Å². The van der Waals surface area contributed by atoms with Gasteiger partial charge in [0.1, 0.15) is 6.04 Å². The molecule has 0 bridgehead atoms. The number of nitrogens with two attached hydrogens (primary N) is 1. The highest BCUT2D eigenvalue weighted by atomic mass is 35.5. The van der Waals surface area contributed by atoms with Gasteiger partial charge in [-0.3, -0.25) is 9.69 Å². The third-order valence-electron chi connectivity index (χ3n) is 4.35. The number of aryl methyl sites for hydroxylation is 1. The number of rotatable bonds is 4. The first-order chi connectivity index (χ1) is 10.8. The molecule has 1 aliphatic rings. The molecule has 4 nitrogen and oxygen atoms in total. The van der Waals surface area contributed by atoms with Crippen LogP contribution in [0.15, 0.2) is 24.3 Å². The second-order valence-electron chi connectivity index (χ2n) is 5.83. The molecule has 2 N–H and O–H groups in total. The lowest BCUT2D eigenvalue weighted by molar-refractivity contribution is -0.183. The molecule has 1 atom stereocenters. The van der Waals surface area contributed by atoms with Crippen LogP contribution >= 0.6 is 24.8 Å². The van der Waals surface area contributed by atoms with E-state index in [1.807, 2.05) is 18.2 Å². The van der Waals surface area contributed by atoms with Crippen LogP contribution in [0.3, 0.4) is 0 Å². The van der Waals surface area contributed by atoms with Gasteiger partial charge in [0.05, 0.1) is 0 Å². The molecule has 1 fully saturated rings. The predicted octanol–water partition coefficient (Wildman–Crippen LogP) is 3.14. The second-order valence-corrected chi connectivity index (χ2v) is 5.83. The van der Waals surface area contributed by atoms with Crippen molar-refractivity contribution in [1.29, 1.82) is 0 Å². The van der Waals surface area contributed by atoms with Crippen molar-refractivity contribution in [3.63, 3.8) is 0 Å². The number of para-hydroxylation sites is 1. The summed E-state index contributed by atoms with van der Waals surface area (Å²) in [6, 6.07) is 5.90. The van der Waals surface area contributed by atoms with E-state index >= 15 is 0 Å². The zero-order chi connectivity index (χ0) is 17.0. The maximum absolute atomic E-state index is 12.7. The Labute approximate surface area is 158 Å². The van der Waals surface area contributed by atoms with E-state index in [1.165, 1.54) is 4.90 Å². The monoisotopic (exact) mass is 401 g/mol. The Hall–Kier alpha value is -1.18. The molecular formula is C16H24Cl2F3N3O.